The molecule has 0 radical (unpaired) electrons. The monoisotopic (exact) mass is 463 g/mol. The molecule has 4 rings (SSSR count). The highest BCUT2D eigenvalue weighted by Gasteiger charge is 2.17. The van der Waals surface area contributed by atoms with Gasteiger partial charge in [0, 0.05) is 23.5 Å². The molecule has 1 aliphatic heterocycles. The SMILES string of the molecule is Cc1ccc(NS(=O)(=O)c2cccc(C(=O)Nc3ccc(CCN4CCCC4)cc3)c2)cc1. The molecule has 1 fully saturated rings. The maximum absolute atomic E-state index is 12.8. The van der Waals surface area contributed by atoms with Gasteiger partial charge >= 0.3 is 0 Å². The number of carbonyl (C=O) groups excluding carboxylic acids is 1. The van der Waals surface area contributed by atoms with Crippen LogP contribution in [0.4, 0.5) is 11.4 Å². The van der Waals surface area contributed by atoms with Gasteiger partial charge in [-0.15, -0.1) is 0 Å². The van der Waals surface area contributed by atoms with Gasteiger partial charge in [-0.2, -0.15) is 0 Å². The maximum Gasteiger partial charge on any atom is 0.261 e. The van der Waals surface area contributed by atoms with Gasteiger partial charge in [0.05, 0.1) is 4.90 Å². The lowest BCUT2D eigenvalue weighted by molar-refractivity contribution is 0.102. The van der Waals surface area contributed by atoms with Crippen LogP contribution < -0.4 is 10.0 Å². The van der Waals surface area contributed by atoms with Crippen LogP contribution in [0.15, 0.2) is 77.7 Å². The Labute approximate surface area is 195 Å². The van der Waals surface area contributed by atoms with Crippen LogP contribution in [0.2, 0.25) is 0 Å². The maximum atomic E-state index is 12.8. The largest absolute Gasteiger partial charge is 0.322 e. The highest BCUT2D eigenvalue weighted by molar-refractivity contribution is 7.92. The van der Waals surface area contributed by atoms with Crippen LogP contribution in [-0.2, 0) is 16.4 Å². The van der Waals surface area contributed by atoms with E-state index in [-0.39, 0.29) is 16.4 Å². The van der Waals surface area contributed by atoms with Crippen molar-refractivity contribution in [2.24, 2.45) is 0 Å². The standard InChI is InChI=1S/C26H29N3O3S/c1-20-7-11-24(12-8-20)28-33(31,32)25-6-4-5-22(19-25)26(30)27-23-13-9-21(10-14-23)15-18-29-16-2-3-17-29/h4-14,19,28H,2-3,15-18H2,1H3,(H,27,30). The summed E-state index contributed by atoms with van der Waals surface area (Å²) >= 11 is 0. The molecule has 0 aromatic heterocycles. The number of aryl methyl sites for hydroxylation is 1. The lowest BCUT2D eigenvalue weighted by atomic mass is 10.1. The van der Waals surface area contributed by atoms with Crippen LogP contribution in [0.1, 0.15) is 34.3 Å². The third-order valence-electron chi connectivity index (χ3n) is 5.84. The summed E-state index contributed by atoms with van der Waals surface area (Å²) in [5, 5.41) is 2.85. The van der Waals surface area contributed by atoms with Gasteiger partial charge in [0.1, 0.15) is 0 Å². The second-order valence-corrected chi connectivity index (χ2v) is 10.1. The highest BCUT2D eigenvalue weighted by Crippen LogP contribution is 2.19. The quantitative estimate of drug-likeness (QED) is 0.508. The Morgan fingerprint density at radius 1 is 0.909 bits per heavy atom. The summed E-state index contributed by atoms with van der Waals surface area (Å²) < 4.78 is 28.1. The topological polar surface area (TPSA) is 78.5 Å². The number of benzene rings is 3. The molecule has 7 heteroatoms. The molecule has 0 unspecified atom stereocenters. The van der Waals surface area contributed by atoms with E-state index in [1.54, 1.807) is 24.3 Å². The van der Waals surface area contributed by atoms with Gasteiger partial charge in [-0.1, -0.05) is 35.9 Å². The molecule has 1 saturated heterocycles. The Balaban J connectivity index is 1.39. The average Bonchev–Trinajstić information content (AvgIpc) is 3.34. The first-order valence-corrected chi connectivity index (χ1v) is 12.7. The normalized spacial score (nSPS) is 14.2. The summed E-state index contributed by atoms with van der Waals surface area (Å²) in [6, 6.07) is 20.9. The number of rotatable bonds is 8. The number of hydrogen-bond acceptors (Lipinski definition) is 4. The molecule has 6 nitrogen and oxygen atoms in total. The summed E-state index contributed by atoms with van der Waals surface area (Å²) in [6.07, 6.45) is 3.56. The molecular weight excluding hydrogens is 434 g/mol. The lowest BCUT2D eigenvalue weighted by Gasteiger charge is -2.14. The molecule has 0 spiro atoms. The third-order valence-corrected chi connectivity index (χ3v) is 7.22. The summed E-state index contributed by atoms with van der Waals surface area (Å²) in [5.41, 5.74) is 3.70. The fourth-order valence-electron chi connectivity index (χ4n) is 3.89. The zero-order chi connectivity index (χ0) is 23.3. The number of likely N-dealkylation sites (tertiary alicyclic amines) is 1. The number of amides is 1. The molecule has 1 heterocycles. The first-order valence-electron chi connectivity index (χ1n) is 11.2. The molecule has 0 saturated carbocycles. The van der Waals surface area contributed by atoms with E-state index in [1.165, 1.54) is 43.6 Å². The Morgan fingerprint density at radius 3 is 2.27 bits per heavy atom. The first kappa shape index (κ1) is 23.0. The summed E-state index contributed by atoms with van der Waals surface area (Å²) in [6.45, 7) is 5.36. The van der Waals surface area contributed by atoms with E-state index in [0.717, 1.165) is 18.5 Å². The smallest absolute Gasteiger partial charge is 0.261 e. The van der Waals surface area contributed by atoms with Crippen LogP contribution in [0.3, 0.4) is 0 Å². The van der Waals surface area contributed by atoms with E-state index < -0.39 is 10.0 Å². The van der Waals surface area contributed by atoms with Crippen molar-refractivity contribution in [1.82, 2.24) is 4.90 Å². The van der Waals surface area contributed by atoms with Crippen molar-refractivity contribution in [3.8, 4) is 0 Å². The molecule has 1 aliphatic rings. The molecule has 3 aromatic carbocycles. The van der Waals surface area contributed by atoms with E-state index in [4.69, 9.17) is 0 Å². The molecule has 33 heavy (non-hydrogen) atoms. The number of anilines is 2. The van der Waals surface area contributed by atoms with Crippen molar-refractivity contribution < 1.29 is 13.2 Å². The van der Waals surface area contributed by atoms with Gasteiger partial charge in [0.25, 0.3) is 15.9 Å². The fraction of sp³-hybridized carbons (Fsp3) is 0.269. The van der Waals surface area contributed by atoms with Gasteiger partial charge in [-0.05, 0) is 87.3 Å². The molecule has 0 aliphatic carbocycles. The van der Waals surface area contributed by atoms with Crippen LogP contribution in [0.5, 0.6) is 0 Å². The van der Waals surface area contributed by atoms with E-state index >= 15 is 0 Å². The molecule has 3 aromatic rings. The molecular formula is C26H29N3O3S. The molecule has 0 atom stereocenters. The molecule has 1 amide bonds. The number of sulfonamides is 1. The Morgan fingerprint density at radius 2 is 1.58 bits per heavy atom. The minimum Gasteiger partial charge on any atom is -0.322 e. The van der Waals surface area contributed by atoms with Gasteiger partial charge in [0.15, 0.2) is 0 Å². The average molecular weight is 464 g/mol. The summed E-state index contributed by atoms with van der Waals surface area (Å²) in [5.74, 6) is -0.354. The summed E-state index contributed by atoms with van der Waals surface area (Å²) in [4.78, 5) is 15.3. The highest BCUT2D eigenvalue weighted by atomic mass is 32.2. The Kier molecular flexibility index (Phi) is 7.11. The van der Waals surface area contributed by atoms with Crippen LogP contribution >= 0.6 is 0 Å². The number of carbonyl (C=O) groups is 1. The Hall–Kier alpha value is -3.16. The van der Waals surface area contributed by atoms with Gasteiger partial charge < -0.3 is 10.2 Å². The second-order valence-electron chi connectivity index (χ2n) is 8.45. The summed E-state index contributed by atoms with van der Waals surface area (Å²) in [7, 11) is -3.81. The third kappa shape index (κ3) is 6.21. The van der Waals surface area contributed by atoms with Crippen LogP contribution in [0, 0.1) is 6.92 Å². The van der Waals surface area contributed by atoms with E-state index in [0.29, 0.717) is 11.4 Å². The van der Waals surface area contributed by atoms with E-state index in [9.17, 15) is 13.2 Å². The predicted octanol–water partition coefficient (Wildman–Crippen LogP) is 4.69. The van der Waals surface area contributed by atoms with Crippen molar-refractivity contribution >= 4 is 27.3 Å². The fourth-order valence-corrected chi connectivity index (χ4v) is 5.00. The van der Waals surface area contributed by atoms with E-state index in [1.807, 2.05) is 43.3 Å². The van der Waals surface area contributed by atoms with Crippen LogP contribution in [-0.4, -0.2) is 38.9 Å². The van der Waals surface area contributed by atoms with Crippen molar-refractivity contribution in [2.75, 3.05) is 29.7 Å². The van der Waals surface area contributed by atoms with Gasteiger partial charge in [-0.3, -0.25) is 9.52 Å². The number of nitrogens with zero attached hydrogens (tertiary/aromatic N) is 1. The zero-order valence-corrected chi connectivity index (χ0v) is 19.6. The van der Waals surface area contributed by atoms with Crippen molar-refractivity contribution in [2.45, 2.75) is 31.1 Å². The van der Waals surface area contributed by atoms with Crippen molar-refractivity contribution in [3.63, 3.8) is 0 Å². The predicted molar refractivity (Wildman–Crippen MR) is 132 cm³/mol. The lowest BCUT2D eigenvalue weighted by Crippen LogP contribution is -2.21. The molecule has 2 N–H and O–H groups in total. The minimum atomic E-state index is -3.81. The Bertz CT molecular complexity index is 1200. The zero-order valence-electron chi connectivity index (χ0n) is 18.8. The van der Waals surface area contributed by atoms with E-state index in [2.05, 4.69) is 14.9 Å². The minimum absolute atomic E-state index is 0.0352. The van der Waals surface area contributed by atoms with Crippen molar-refractivity contribution in [3.05, 3.63) is 89.5 Å². The van der Waals surface area contributed by atoms with Crippen molar-refractivity contribution in [1.29, 1.82) is 0 Å². The van der Waals surface area contributed by atoms with Gasteiger partial charge in [-0.25, -0.2) is 8.42 Å². The number of hydrogen-bond donors (Lipinski definition) is 2. The first-order chi connectivity index (χ1) is 15.9. The molecule has 172 valence electrons. The van der Waals surface area contributed by atoms with Crippen LogP contribution in [0.25, 0.3) is 0 Å². The number of nitrogens with one attached hydrogen (secondary N) is 2. The van der Waals surface area contributed by atoms with Gasteiger partial charge in [0.2, 0.25) is 0 Å². The molecule has 0 bridgehead atoms. The second kappa shape index (κ2) is 10.2.